The summed E-state index contributed by atoms with van der Waals surface area (Å²) in [6.45, 7) is 3.71. The topological polar surface area (TPSA) is 20.3 Å². The van der Waals surface area contributed by atoms with E-state index >= 15 is 0 Å². The Bertz CT molecular complexity index is 672. The van der Waals surface area contributed by atoms with Crippen LogP contribution in [0.1, 0.15) is 34.5 Å². The predicted octanol–water partition coefficient (Wildman–Crippen LogP) is 4.73. The minimum absolute atomic E-state index is 0.121. The Hall–Kier alpha value is -1.68. The first-order valence-electron chi connectivity index (χ1n) is 6.70. The number of nitrogens with zero attached hydrogens (tertiary/aromatic N) is 1. The molecule has 0 saturated heterocycles. The molecule has 0 aliphatic carbocycles. The summed E-state index contributed by atoms with van der Waals surface area (Å²) in [6, 6.07) is 11.7. The van der Waals surface area contributed by atoms with E-state index in [2.05, 4.69) is 15.9 Å². The van der Waals surface area contributed by atoms with Gasteiger partial charge in [0, 0.05) is 22.6 Å². The summed E-state index contributed by atoms with van der Waals surface area (Å²) in [6.07, 6.45) is 0. The number of benzene rings is 2. The molecule has 0 radical (unpaired) electrons. The molecule has 0 aliphatic heterocycles. The molecule has 4 heteroatoms. The molecule has 110 valence electrons. The van der Waals surface area contributed by atoms with Crippen molar-refractivity contribution in [1.29, 1.82) is 0 Å². The van der Waals surface area contributed by atoms with Crippen molar-refractivity contribution in [3.05, 3.63) is 69.4 Å². The molecule has 0 saturated carbocycles. The lowest BCUT2D eigenvalue weighted by molar-refractivity contribution is 0.0739. The van der Waals surface area contributed by atoms with Gasteiger partial charge in [0.25, 0.3) is 5.91 Å². The van der Waals surface area contributed by atoms with E-state index in [4.69, 9.17) is 0 Å². The summed E-state index contributed by atoms with van der Waals surface area (Å²) >= 11 is 3.43. The van der Waals surface area contributed by atoms with Crippen LogP contribution in [0.2, 0.25) is 0 Å². The summed E-state index contributed by atoms with van der Waals surface area (Å²) in [7, 11) is 1.69. The maximum absolute atomic E-state index is 13.9. The fraction of sp³-hybridized carbons (Fsp3) is 0.235. The van der Waals surface area contributed by atoms with E-state index in [0.717, 1.165) is 10.0 Å². The summed E-state index contributed by atoms with van der Waals surface area (Å²) in [5, 5.41) is 0. The first-order chi connectivity index (χ1) is 9.93. The predicted molar refractivity (Wildman–Crippen MR) is 85.8 cm³/mol. The monoisotopic (exact) mass is 349 g/mol. The van der Waals surface area contributed by atoms with Gasteiger partial charge in [0.2, 0.25) is 0 Å². The van der Waals surface area contributed by atoms with Gasteiger partial charge in [0.05, 0.1) is 6.04 Å². The molecule has 2 aromatic carbocycles. The third-order valence-corrected chi connectivity index (χ3v) is 4.61. The molecule has 2 nitrogen and oxygen atoms in total. The largest absolute Gasteiger partial charge is 0.335 e. The lowest BCUT2D eigenvalue weighted by Crippen LogP contribution is -2.30. The molecule has 2 aromatic rings. The Balaban J connectivity index is 2.31. The van der Waals surface area contributed by atoms with Gasteiger partial charge in [-0.15, -0.1) is 0 Å². The highest BCUT2D eigenvalue weighted by Crippen LogP contribution is 2.26. The van der Waals surface area contributed by atoms with Gasteiger partial charge in [-0.1, -0.05) is 40.2 Å². The van der Waals surface area contributed by atoms with Crippen molar-refractivity contribution >= 4 is 21.8 Å². The van der Waals surface area contributed by atoms with Gasteiger partial charge in [0.15, 0.2) is 0 Å². The van der Waals surface area contributed by atoms with Crippen molar-refractivity contribution in [2.45, 2.75) is 19.9 Å². The SMILES string of the molecule is Cc1c(Br)cccc1C(=O)N(C)C(C)c1ccccc1F. The number of hydrogen-bond acceptors (Lipinski definition) is 1. The van der Waals surface area contributed by atoms with Crippen LogP contribution < -0.4 is 0 Å². The molecule has 1 amide bonds. The first kappa shape index (κ1) is 15.7. The number of halogens is 2. The number of rotatable bonds is 3. The Labute approximate surface area is 132 Å². The van der Waals surface area contributed by atoms with E-state index in [9.17, 15) is 9.18 Å². The van der Waals surface area contributed by atoms with Crippen molar-refractivity contribution in [2.75, 3.05) is 7.05 Å². The van der Waals surface area contributed by atoms with Crippen molar-refractivity contribution in [3.63, 3.8) is 0 Å². The van der Waals surface area contributed by atoms with Gasteiger partial charge in [-0.3, -0.25) is 4.79 Å². The van der Waals surface area contributed by atoms with E-state index in [1.807, 2.05) is 26.0 Å². The maximum atomic E-state index is 13.9. The summed E-state index contributed by atoms with van der Waals surface area (Å²) in [4.78, 5) is 14.2. The molecule has 0 bridgehead atoms. The molecule has 2 rings (SSSR count). The van der Waals surface area contributed by atoms with Crippen LogP contribution in [0.4, 0.5) is 4.39 Å². The number of carbonyl (C=O) groups is 1. The zero-order chi connectivity index (χ0) is 15.6. The second-order valence-electron chi connectivity index (χ2n) is 5.03. The van der Waals surface area contributed by atoms with Gasteiger partial charge in [-0.2, -0.15) is 0 Å². The molecule has 1 unspecified atom stereocenters. The van der Waals surface area contributed by atoms with Crippen molar-refractivity contribution in [2.24, 2.45) is 0 Å². The molecule has 0 aliphatic rings. The van der Waals surface area contributed by atoms with Gasteiger partial charge < -0.3 is 4.90 Å². The van der Waals surface area contributed by atoms with Crippen LogP contribution >= 0.6 is 15.9 Å². The molecular formula is C17H17BrFNO. The lowest BCUT2D eigenvalue weighted by Gasteiger charge is -2.26. The standard InChI is InChI=1S/C17H17BrFNO/c1-11-13(8-6-9-15(11)18)17(21)20(3)12(2)14-7-4-5-10-16(14)19/h4-10,12H,1-3H3. The quantitative estimate of drug-likeness (QED) is 0.784. The zero-order valence-electron chi connectivity index (χ0n) is 12.2. The van der Waals surface area contributed by atoms with Gasteiger partial charge in [0.1, 0.15) is 5.82 Å². The second kappa shape index (κ2) is 6.39. The Morgan fingerprint density at radius 2 is 1.86 bits per heavy atom. The molecule has 0 aromatic heterocycles. The van der Waals surface area contributed by atoms with Gasteiger partial charge >= 0.3 is 0 Å². The molecule has 21 heavy (non-hydrogen) atoms. The highest BCUT2D eigenvalue weighted by atomic mass is 79.9. The summed E-state index contributed by atoms with van der Waals surface area (Å²) in [5.74, 6) is -0.417. The van der Waals surface area contributed by atoms with Crippen molar-refractivity contribution < 1.29 is 9.18 Å². The number of carbonyl (C=O) groups excluding carboxylic acids is 1. The first-order valence-corrected chi connectivity index (χ1v) is 7.49. The third-order valence-electron chi connectivity index (χ3n) is 3.75. The average molecular weight is 350 g/mol. The van der Waals surface area contributed by atoms with Crippen LogP contribution in [0.5, 0.6) is 0 Å². The van der Waals surface area contributed by atoms with E-state index in [-0.39, 0.29) is 17.8 Å². The fourth-order valence-electron chi connectivity index (χ4n) is 2.23. The lowest BCUT2D eigenvalue weighted by atomic mass is 10.0. The molecule has 0 heterocycles. The van der Waals surface area contributed by atoms with Gasteiger partial charge in [-0.05, 0) is 37.6 Å². The van der Waals surface area contributed by atoms with Crippen LogP contribution in [0, 0.1) is 12.7 Å². The smallest absolute Gasteiger partial charge is 0.254 e. The molecule has 0 fully saturated rings. The van der Waals surface area contributed by atoms with E-state index < -0.39 is 0 Å². The molecule has 0 N–H and O–H groups in total. The average Bonchev–Trinajstić information content (AvgIpc) is 2.48. The maximum Gasteiger partial charge on any atom is 0.254 e. The Morgan fingerprint density at radius 1 is 1.19 bits per heavy atom. The third kappa shape index (κ3) is 3.16. The van der Waals surface area contributed by atoms with Crippen molar-refractivity contribution in [1.82, 2.24) is 4.90 Å². The molecule has 0 spiro atoms. The van der Waals surface area contributed by atoms with E-state index in [0.29, 0.717) is 11.1 Å². The van der Waals surface area contributed by atoms with E-state index in [1.54, 1.807) is 36.2 Å². The van der Waals surface area contributed by atoms with E-state index in [1.165, 1.54) is 6.07 Å². The van der Waals surface area contributed by atoms with Crippen LogP contribution in [0.25, 0.3) is 0 Å². The fourth-order valence-corrected chi connectivity index (χ4v) is 2.59. The van der Waals surface area contributed by atoms with Crippen LogP contribution in [-0.4, -0.2) is 17.9 Å². The molecule has 1 atom stereocenters. The van der Waals surface area contributed by atoms with Crippen LogP contribution in [-0.2, 0) is 0 Å². The minimum atomic E-state index is -0.336. The summed E-state index contributed by atoms with van der Waals surface area (Å²) in [5.41, 5.74) is 2.02. The summed E-state index contributed by atoms with van der Waals surface area (Å²) < 4.78 is 14.8. The van der Waals surface area contributed by atoms with Crippen molar-refractivity contribution in [3.8, 4) is 0 Å². The Kier molecular flexibility index (Phi) is 4.78. The normalized spacial score (nSPS) is 12.0. The Morgan fingerprint density at radius 3 is 2.52 bits per heavy atom. The zero-order valence-corrected chi connectivity index (χ0v) is 13.8. The number of amides is 1. The minimum Gasteiger partial charge on any atom is -0.335 e. The van der Waals surface area contributed by atoms with Gasteiger partial charge in [-0.25, -0.2) is 4.39 Å². The molecular weight excluding hydrogens is 333 g/mol. The highest BCUT2D eigenvalue weighted by Gasteiger charge is 2.22. The second-order valence-corrected chi connectivity index (χ2v) is 5.88. The highest BCUT2D eigenvalue weighted by molar-refractivity contribution is 9.10. The van der Waals surface area contributed by atoms with Crippen LogP contribution in [0.3, 0.4) is 0 Å². The van der Waals surface area contributed by atoms with Crippen LogP contribution in [0.15, 0.2) is 46.9 Å². The number of hydrogen-bond donors (Lipinski definition) is 0.